The van der Waals surface area contributed by atoms with Gasteiger partial charge < -0.3 is 24.8 Å². The first kappa shape index (κ1) is 32.4. The van der Waals surface area contributed by atoms with E-state index in [-0.39, 0.29) is 5.69 Å². The van der Waals surface area contributed by atoms with Crippen molar-refractivity contribution in [3.63, 3.8) is 0 Å². The lowest BCUT2D eigenvalue weighted by molar-refractivity contribution is -0.157. The molecule has 0 aromatic heterocycles. The van der Waals surface area contributed by atoms with E-state index in [0.29, 0.717) is 30.0 Å². The van der Waals surface area contributed by atoms with Gasteiger partial charge in [0.15, 0.2) is 0 Å². The van der Waals surface area contributed by atoms with Gasteiger partial charge in [-0.3, -0.25) is 4.79 Å². The highest BCUT2D eigenvalue weighted by atomic mass is 19.4. The van der Waals surface area contributed by atoms with Crippen molar-refractivity contribution in [1.29, 1.82) is 0 Å². The number of amides is 1. The Morgan fingerprint density at radius 3 is 1.56 bits per heavy atom. The van der Waals surface area contributed by atoms with Crippen LogP contribution in [0.15, 0.2) is 72.8 Å². The minimum Gasteiger partial charge on any atom is -0.478 e. The van der Waals surface area contributed by atoms with E-state index < -0.39 is 70.6 Å². The summed E-state index contributed by atoms with van der Waals surface area (Å²) in [5, 5.41) is 12.0. The molecule has 2 N–H and O–H groups in total. The Hall–Kier alpha value is -5.08. The van der Waals surface area contributed by atoms with Gasteiger partial charge in [0.25, 0.3) is 5.91 Å². The fourth-order valence-electron chi connectivity index (χ4n) is 3.56. The Morgan fingerprint density at radius 1 is 0.721 bits per heavy atom. The molecule has 43 heavy (non-hydrogen) atoms. The minimum atomic E-state index is -4.87. The van der Waals surface area contributed by atoms with Crippen molar-refractivity contribution < 1.29 is 60.1 Å². The molecule has 0 aliphatic carbocycles. The number of nitrogens with zero attached hydrogens (tertiary/aromatic N) is 1. The summed E-state index contributed by atoms with van der Waals surface area (Å²) in [5.41, 5.74) is -3.23. The third-order valence-corrected chi connectivity index (χ3v) is 5.75. The zero-order valence-electron chi connectivity index (χ0n) is 22.2. The number of aliphatic carboxylic acids is 1. The highest BCUT2D eigenvalue weighted by Gasteiger charge is 2.42. The van der Waals surface area contributed by atoms with Crippen molar-refractivity contribution in [1.82, 2.24) is 0 Å². The topological polar surface area (TPSA) is 122 Å². The molecular weight excluding hydrogens is 590 g/mol. The van der Waals surface area contributed by atoms with E-state index in [2.05, 4.69) is 5.32 Å². The highest BCUT2D eigenvalue weighted by Crippen LogP contribution is 2.31. The second-order valence-electron chi connectivity index (χ2n) is 9.08. The summed E-state index contributed by atoms with van der Waals surface area (Å²) in [4.78, 5) is 52.5. The number of ether oxygens (including phenoxy) is 2. The first-order valence-corrected chi connectivity index (χ1v) is 12.0. The van der Waals surface area contributed by atoms with Gasteiger partial charge in [-0.2, -0.15) is 26.3 Å². The van der Waals surface area contributed by atoms with Gasteiger partial charge in [-0.25, -0.2) is 14.4 Å². The lowest BCUT2D eigenvalue weighted by Gasteiger charge is -2.24. The largest absolute Gasteiger partial charge is 0.478 e. The average Bonchev–Trinajstić information content (AvgIpc) is 2.94. The van der Waals surface area contributed by atoms with Gasteiger partial charge in [-0.1, -0.05) is 12.1 Å². The van der Waals surface area contributed by atoms with E-state index in [1.165, 1.54) is 12.1 Å². The van der Waals surface area contributed by atoms with Crippen molar-refractivity contribution in [3.05, 3.63) is 95.1 Å². The van der Waals surface area contributed by atoms with Crippen LogP contribution in [-0.2, 0) is 31.4 Å². The highest BCUT2D eigenvalue weighted by molar-refractivity contribution is 6.01. The molecule has 0 saturated carbocycles. The van der Waals surface area contributed by atoms with Gasteiger partial charge in [0.1, 0.15) is 0 Å². The van der Waals surface area contributed by atoms with Crippen LogP contribution in [0, 0.1) is 0 Å². The number of rotatable bonds is 9. The number of benzene rings is 3. The second kappa shape index (κ2) is 12.8. The van der Waals surface area contributed by atoms with Crippen LogP contribution in [-0.4, -0.2) is 55.2 Å². The van der Waals surface area contributed by atoms with Crippen LogP contribution >= 0.6 is 0 Å². The Balaban J connectivity index is 1.97. The fraction of sp³-hybridized carbons (Fsp3) is 0.214. The van der Waals surface area contributed by atoms with E-state index in [9.17, 15) is 50.6 Å². The number of alkyl halides is 6. The van der Waals surface area contributed by atoms with Crippen molar-refractivity contribution >= 4 is 35.2 Å². The number of hydrogen-bond donors (Lipinski definition) is 2. The van der Waals surface area contributed by atoms with E-state index in [0.717, 1.165) is 24.3 Å². The third kappa shape index (κ3) is 8.47. The van der Waals surface area contributed by atoms with Crippen LogP contribution in [0.2, 0.25) is 0 Å². The summed E-state index contributed by atoms with van der Waals surface area (Å²) in [6.07, 6.45) is -14.9. The van der Waals surface area contributed by atoms with Crippen LogP contribution < -0.4 is 10.2 Å². The molecule has 0 spiro atoms. The van der Waals surface area contributed by atoms with E-state index >= 15 is 0 Å². The fourth-order valence-corrected chi connectivity index (χ4v) is 3.56. The molecule has 3 aromatic rings. The predicted molar refractivity (Wildman–Crippen MR) is 138 cm³/mol. The maximum Gasteiger partial charge on any atom is 0.416 e. The van der Waals surface area contributed by atoms with Crippen LogP contribution in [0.1, 0.15) is 31.8 Å². The molecule has 0 saturated heterocycles. The van der Waals surface area contributed by atoms with Gasteiger partial charge in [-0.05, 0) is 60.7 Å². The molecule has 0 heterocycles. The molecule has 0 aliphatic heterocycles. The minimum absolute atomic E-state index is 0.0593. The molecule has 3 rings (SSSR count). The number of halogens is 6. The lowest BCUT2D eigenvalue weighted by atomic mass is 10.1. The Kier molecular flexibility index (Phi) is 9.68. The zero-order valence-corrected chi connectivity index (χ0v) is 22.2. The molecule has 9 nitrogen and oxygen atoms in total. The zero-order chi connectivity index (χ0) is 32.1. The van der Waals surface area contributed by atoms with Gasteiger partial charge in [0.2, 0.25) is 12.2 Å². The molecule has 2 atom stereocenters. The molecule has 228 valence electrons. The molecule has 0 bridgehead atoms. The molecule has 15 heteroatoms. The summed E-state index contributed by atoms with van der Waals surface area (Å²) in [5.74, 6) is -6.64. The number of esters is 2. The molecule has 0 fully saturated rings. The van der Waals surface area contributed by atoms with Crippen molar-refractivity contribution in [2.24, 2.45) is 0 Å². The quantitative estimate of drug-likeness (QED) is 0.248. The molecular formula is C28H22F6N2O7. The summed E-state index contributed by atoms with van der Waals surface area (Å²) in [6, 6.07) is 11.4. The number of hydrogen-bond acceptors (Lipinski definition) is 7. The summed E-state index contributed by atoms with van der Waals surface area (Å²) < 4.78 is 88.6. The maximum atomic E-state index is 13.2. The molecule has 0 aliphatic rings. The normalized spacial score (nSPS) is 12.9. The first-order chi connectivity index (χ1) is 20.0. The number of carboxylic acids is 1. The Morgan fingerprint density at radius 2 is 1.16 bits per heavy atom. The number of carbonyl (C=O) groups excluding carboxylic acids is 3. The van der Waals surface area contributed by atoms with Gasteiger partial charge in [0.05, 0.1) is 22.3 Å². The molecule has 1 amide bonds. The van der Waals surface area contributed by atoms with Gasteiger partial charge in [-0.15, -0.1) is 0 Å². The second-order valence-corrected chi connectivity index (χ2v) is 9.08. The lowest BCUT2D eigenvalue weighted by Crippen LogP contribution is -2.48. The van der Waals surface area contributed by atoms with Crippen molar-refractivity contribution in [2.75, 3.05) is 24.3 Å². The van der Waals surface area contributed by atoms with Crippen LogP contribution in [0.25, 0.3) is 0 Å². The summed E-state index contributed by atoms with van der Waals surface area (Å²) in [6.45, 7) is 0. The first-order valence-electron chi connectivity index (χ1n) is 12.0. The average molecular weight is 612 g/mol. The standard InChI is InChI=1S/C28H22F6N2O7/c1-36(2)20-11-9-19(10-12-20)35-23(37)21(42-25(40)15-5-3-7-17(13-15)27(29,30)31)22(24(38)39)43-26(41)16-6-4-8-18(14-16)28(32,33)34/h3-14,21-22H,1-2H3,(H,35,37)(H,38,39)/t21-,22+/m1/s1. The monoisotopic (exact) mass is 612 g/mol. The summed E-state index contributed by atoms with van der Waals surface area (Å²) in [7, 11) is 3.46. The Bertz CT molecular complexity index is 1500. The maximum absolute atomic E-state index is 13.2. The van der Waals surface area contributed by atoms with E-state index in [4.69, 9.17) is 9.47 Å². The molecule has 0 radical (unpaired) electrons. The number of anilines is 2. The third-order valence-electron chi connectivity index (χ3n) is 5.75. The van der Waals surface area contributed by atoms with Crippen molar-refractivity contribution in [2.45, 2.75) is 24.6 Å². The SMILES string of the molecule is CN(C)c1ccc(NC(=O)[C@H](OC(=O)c2cccc(C(F)(F)F)c2)[C@H](OC(=O)c2cccc(C(F)(F)F)c2)C(=O)O)cc1. The van der Waals surface area contributed by atoms with Crippen LogP contribution in [0.5, 0.6) is 0 Å². The van der Waals surface area contributed by atoms with Crippen molar-refractivity contribution in [3.8, 4) is 0 Å². The van der Waals surface area contributed by atoms with E-state index in [1.54, 1.807) is 31.1 Å². The smallest absolute Gasteiger partial charge is 0.416 e. The van der Waals surface area contributed by atoms with Crippen LogP contribution in [0.3, 0.4) is 0 Å². The number of carboxylic acid groups (broad SMARTS) is 1. The van der Waals surface area contributed by atoms with Gasteiger partial charge >= 0.3 is 30.3 Å². The molecule has 3 aromatic carbocycles. The molecule has 0 unspecified atom stereocenters. The summed E-state index contributed by atoms with van der Waals surface area (Å²) >= 11 is 0. The van der Waals surface area contributed by atoms with E-state index in [1.807, 2.05) is 0 Å². The number of carbonyl (C=O) groups is 4. The van der Waals surface area contributed by atoms with Gasteiger partial charge in [0, 0.05) is 25.5 Å². The Labute approximate surface area is 239 Å². The van der Waals surface area contributed by atoms with Crippen LogP contribution in [0.4, 0.5) is 37.7 Å². The number of nitrogens with one attached hydrogen (secondary N) is 1. The predicted octanol–water partition coefficient (Wildman–Crippen LogP) is 5.26.